The Bertz CT molecular complexity index is 868. The average Bonchev–Trinajstić information content (AvgIpc) is 3.31. The van der Waals surface area contributed by atoms with E-state index >= 15 is 0 Å². The number of carbonyl (C=O) groups excluding carboxylic acids is 2. The average molecular weight is 379 g/mol. The Balaban J connectivity index is 1.71. The molecule has 1 amide bonds. The van der Waals surface area contributed by atoms with E-state index in [2.05, 4.69) is 17.5 Å². The molecule has 2 aliphatic carbocycles. The van der Waals surface area contributed by atoms with Gasteiger partial charge < -0.3 is 10.1 Å². The number of rotatable bonds is 5. The van der Waals surface area contributed by atoms with E-state index in [0.717, 1.165) is 11.3 Å². The molecule has 0 heterocycles. The molecule has 5 heteroatoms. The molecular formula is C22H21NO3S. The van der Waals surface area contributed by atoms with Crippen molar-refractivity contribution >= 4 is 23.6 Å². The number of allylic oxidation sites excluding steroid dienone is 1. The lowest BCUT2D eigenvalue weighted by molar-refractivity contribution is -0.149. The first-order chi connectivity index (χ1) is 13.1. The van der Waals surface area contributed by atoms with Gasteiger partial charge in [0.1, 0.15) is 0 Å². The largest absolute Gasteiger partial charge is 0.467 e. The summed E-state index contributed by atoms with van der Waals surface area (Å²) in [7, 11) is 1.39. The highest BCUT2D eigenvalue weighted by molar-refractivity contribution is 8.00. The van der Waals surface area contributed by atoms with Crippen molar-refractivity contribution in [3.63, 3.8) is 0 Å². The smallest absolute Gasteiger partial charge is 0.333 e. The molecule has 2 bridgehead atoms. The van der Waals surface area contributed by atoms with Gasteiger partial charge in [0.05, 0.1) is 12.4 Å². The molecule has 2 aliphatic rings. The van der Waals surface area contributed by atoms with Crippen LogP contribution in [0.25, 0.3) is 0 Å². The Kier molecular flexibility index (Phi) is 4.79. The van der Waals surface area contributed by atoms with Gasteiger partial charge in [-0.15, -0.1) is 11.8 Å². The van der Waals surface area contributed by atoms with Crippen LogP contribution in [-0.4, -0.2) is 29.8 Å². The summed E-state index contributed by atoms with van der Waals surface area (Å²) in [5, 5.41) is 2.96. The molecule has 2 aromatic rings. The number of ether oxygens (including phenoxy) is 1. The van der Waals surface area contributed by atoms with Crippen molar-refractivity contribution in [2.24, 2.45) is 11.8 Å². The number of amides is 1. The van der Waals surface area contributed by atoms with Crippen molar-refractivity contribution in [3.05, 3.63) is 78.4 Å². The predicted molar refractivity (Wildman–Crippen MR) is 105 cm³/mol. The van der Waals surface area contributed by atoms with Crippen LogP contribution in [0.4, 0.5) is 0 Å². The standard InChI is InChI=1S/C22H21NO3S/c1-26-21(25)22(23-20(24)15-8-4-2-5-9-15)17-13-12-16(14-17)19(22)27-18-10-6-3-7-11-18/h2-13,16-17,19H,14H2,1H3,(H,23,24)/t16-,17+,19+,22-/m1/s1. The molecule has 1 fully saturated rings. The molecule has 4 rings (SSSR count). The SMILES string of the molecule is COC(=O)[C@@]1(NC(=O)c2ccccc2)[C@H]2C=C[C@H](C2)[C@@H]1Sc1ccccc1. The second kappa shape index (κ2) is 7.24. The Morgan fingerprint density at radius 1 is 1.04 bits per heavy atom. The van der Waals surface area contributed by atoms with E-state index in [1.165, 1.54) is 7.11 Å². The van der Waals surface area contributed by atoms with Crippen LogP contribution < -0.4 is 5.32 Å². The maximum absolute atomic E-state index is 13.0. The van der Waals surface area contributed by atoms with Crippen LogP contribution in [0.3, 0.4) is 0 Å². The van der Waals surface area contributed by atoms with Gasteiger partial charge in [0.2, 0.25) is 0 Å². The fourth-order valence-electron chi connectivity index (χ4n) is 4.16. The van der Waals surface area contributed by atoms with Crippen molar-refractivity contribution in [2.45, 2.75) is 22.1 Å². The van der Waals surface area contributed by atoms with Crippen LogP contribution in [0.5, 0.6) is 0 Å². The summed E-state index contributed by atoms with van der Waals surface area (Å²) in [6.45, 7) is 0. The van der Waals surface area contributed by atoms with Gasteiger partial charge >= 0.3 is 5.97 Å². The molecule has 0 radical (unpaired) electrons. The minimum atomic E-state index is -1.07. The number of hydrogen-bond acceptors (Lipinski definition) is 4. The molecule has 0 unspecified atom stereocenters. The van der Waals surface area contributed by atoms with Crippen LogP contribution in [-0.2, 0) is 9.53 Å². The van der Waals surface area contributed by atoms with Crippen LogP contribution in [0.1, 0.15) is 16.8 Å². The van der Waals surface area contributed by atoms with Crippen LogP contribution in [0.15, 0.2) is 77.7 Å². The molecule has 4 atom stereocenters. The molecule has 0 spiro atoms. The Morgan fingerprint density at radius 2 is 1.70 bits per heavy atom. The number of fused-ring (bicyclic) bond motifs is 2. The minimum absolute atomic E-state index is 0.0659. The van der Waals surface area contributed by atoms with Gasteiger partial charge in [-0.1, -0.05) is 48.6 Å². The summed E-state index contributed by atoms with van der Waals surface area (Å²) in [5.74, 6) is -0.475. The quantitative estimate of drug-likeness (QED) is 0.636. The monoisotopic (exact) mass is 379 g/mol. The number of nitrogens with one attached hydrogen (secondary N) is 1. The molecule has 0 saturated heterocycles. The van der Waals surface area contributed by atoms with Gasteiger partial charge in [-0.05, 0) is 36.6 Å². The zero-order chi connectivity index (χ0) is 18.9. The van der Waals surface area contributed by atoms with Crippen molar-refractivity contribution < 1.29 is 14.3 Å². The topological polar surface area (TPSA) is 55.4 Å². The molecule has 4 nitrogen and oxygen atoms in total. The molecule has 0 aliphatic heterocycles. The van der Waals surface area contributed by atoms with E-state index in [0.29, 0.717) is 5.56 Å². The summed E-state index contributed by atoms with van der Waals surface area (Å²) >= 11 is 1.64. The van der Waals surface area contributed by atoms with Gasteiger partial charge in [-0.2, -0.15) is 0 Å². The van der Waals surface area contributed by atoms with E-state index < -0.39 is 5.54 Å². The lowest BCUT2D eigenvalue weighted by atomic mass is 9.83. The summed E-state index contributed by atoms with van der Waals surface area (Å²) < 4.78 is 5.19. The predicted octanol–water partition coefficient (Wildman–Crippen LogP) is 3.70. The first-order valence-electron chi connectivity index (χ1n) is 9.01. The fraction of sp³-hybridized carbons (Fsp3) is 0.273. The number of hydrogen-bond donors (Lipinski definition) is 1. The van der Waals surface area contributed by atoms with Crippen molar-refractivity contribution in [2.75, 3.05) is 7.11 Å². The normalized spacial score (nSPS) is 28.1. The lowest BCUT2D eigenvalue weighted by Crippen LogP contribution is -2.63. The maximum Gasteiger partial charge on any atom is 0.333 e. The van der Waals surface area contributed by atoms with E-state index in [-0.39, 0.29) is 29.0 Å². The third kappa shape index (κ3) is 3.06. The Labute approximate surface area is 163 Å². The molecule has 2 aromatic carbocycles. The maximum atomic E-state index is 13.0. The van der Waals surface area contributed by atoms with E-state index in [1.54, 1.807) is 23.9 Å². The summed E-state index contributed by atoms with van der Waals surface area (Å²) in [6.07, 6.45) is 5.06. The van der Waals surface area contributed by atoms with Crippen LogP contribution >= 0.6 is 11.8 Å². The summed E-state index contributed by atoms with van der Waals surface area (Å²) in [4.78, 5) is 27.0. The van der Waals surface area contributed by atoms with Crippen LogP contribution in [0, 0.1) is 11.8 Å². The van der Waals surface area contributed by atoms with Gasteiger partial charge in [0, 0.05) is 16.4 Å². The third-order valence-electron chi connectivity index (χ3n) is 5.42. The van der Waals surface area contributed by atoms with E-state index in [9.17, 15) is 9.59 Å². The van der Waals surface area contributed by atoms with Gasteiger partial charge in [-0.25, -0.2) is 4.79 Å². The van der Waals surface area contributed by atoms with Crippen molar-refractivity contribution in [1.82, 2.24) is 5.32 Å². The van der Waals surface area contributed by atoms with E-state index in [1.807, 2.05) is 48.5 Å². The first kappa shape index (κ1) is 17.9. The second-order valence-electron chi connectivity index (χ2n) is 6.92. The summed E-state index contributed by atoms with van der Waals surface area (Å²) in [5.41, 5.74) is -0.530. The van der Waals surface area contributed by atoms with E-state index in [4.69, 9.17) is 4.74 Å². The van der Waals surface area contributed by atoms with Gasteiger partial charge in [0.15, 0.2) is 5.54 Å². The molecule has 1 N–H and O–H groups in total. The molecule has 138 valence electrons. The molecule has 27 heavy (non-hydrogen) atoms. The highest BCUT2D eigenvalue weighted by Gasteiger charge is 2.62. The second-order valence-corrected chi connectivity index (χ2v) is 8.14. The number of esters is 1. The third-order valence-corrected chi connectivity index (χ3v) is 6.94. The zero-order valence-corrected chi connectivity index (χ0v) is 15.8. The minimum Gasteiger partial charge on any atom is -0.467 e. The van der Waals surface area contributed by atoms with Gasteiger partial charge in [-0.3, -0.25) is 4.79 Å². The highest BCUT2D eigenvalue weighted by atomic mass is 32.2. The number of carbonyl (C=O) groups is 2. The highest BCUT2D eigenvalue weighted by Crippen LogP contribution is 2.53. The number of methoxy groups -OCH3 is 1. The first-order valence-corrected chi connectivity index (χ1v) is 9.89. The zero-order valence-electron chi connectivity index (χ0n) is 15.0. The molecule has 0 aromatic heterocycles. The van der Waals surface area contributed by atoms with Crippen LogP contribution in [0.2, 0.25) is 0 Å². The van der Waals surface area contributed by atoms with Crippen molar-refractivity contribution in [3.8, 4) is 0 Å². The molecular weight excluding hydrogens is 358 g/mol. The van der Waals surface area contributed by atoms with Gasteiger partial charge in [0.25, 0.3) is 5.91 Å². The number of benzene rings is 2. The lowest BCUT2D eigenvalue weighted by Gasteiger charge is -2.39. The summed E-state index contributed by atoms with van der Waals surface area (Å²) in [6, 6.07) is 19.0. The number of thioether (sulfide) groups is 1. The Hall–Kier alpha value is -2.53. The molecule has 1 saturated carbocycles. The Morgan fingerprint density at radius 3 is 2.37 bits per heavy atom. The van der Waals surface area contributed by atoms with Crippen molar-refractivity contribution in [1.29, 1.82) is 0 Å². The fourth-order valence-corrected chi connectivity index (χ4v) is 5.66.